The highest BCUT2D eigenvalue weighted by atomic mass is 35.5. The number of nitrogens with one attached hydrogen (secondary N) is 1. The Labute approximate surface area is 195 Å². The maximum Gasteiger partial charge on any atom is 0.407 e. The molecule has 7 heteroatoms. The van der Waals surface area contributed by atoms with Crippen molar-refractivity contribution in [2.45, 2.75) is 24.8 Å². The van der Waals surface area contributed by atoms with Gasteiger partial charge in [-0.15, -0.1) is 0 Å². The molecule has 0 radical (unpaired) electrons. The van der Waals surface area contributed by atoms with Gasteiger partial charge in [0, 0.05) is 16.0 Å². The van der Waals surface area contributed by atoms with E-state index in [9.17, 15) is 14.7 Å². The molecule has 0 heterocycles. The number of aryl methyl sites for hydroxylation is 1. The third-order valence-corrected chi connectivity index (χ3v) is 6.24. The van der Waals surface area contributed by atoms with Gasteiger partial charge in [0.25, 0.3) is 0 Å². The van der Waals surface area contributed by atoms with Crippen molar-refractivity contribution in [3.63, 3.8) is 0 Å². The molecule has 3 aromatic carbocycles. The number of carboxylic acids is 1. The zero-order chi connectivity index (χ0) is 22.7. The second kappa shape index (κ2) is 9.63. The summed E-state index contributed by atoms with van der Waals surface area (Å²) in [4.78, 5) is 24.1. The highest BCUT2D eigenvalue weighted by Crippen LogP contribution is 2.44. The lowest BCUT2D eigenvalue weighted by molar-refractivity contribution is -0.139. The first-order valence-electron chi connectivity index (χ1n) is 10.2. The lowest BCUT2D eigenvalue weighted by atomic mass is 9.98. The number of hydrogen-bond donors (Lipinski definition) is 2. The number of carbonyl (C=O) groups excluding carboxylic acids is 1. The minimum atomic E-state index is -1.14. The molecule has 0 spiro atoms. The van der Waals surface area contributed by atoms with E-state index in [2.05, 4.69) is 17.4 Å². The molecule has 0 bridgehead atoms. The number of fused-ring (bicyclic) bond motifs is 3. The van der Waals surface area contributed by atoms with Gasteiger partial charge in [0.2, 0.25) is 0 Å². The quantitative estimate of drug-likeness (QED) is 0.450. The van der Waals surface area contributed by atoms with E-state index >= 15 is 0 Å². The number of alkyl carbamates (subject to hydrolysis) is 1. The Hall–Kier alpha value is -3.02. The van der Waals surface area contributed by atoms with Crippen molar-refractivity contribution in [2.24, 2.45) is 0 Å². The largest absolute Gasteiger partial charge is 0.480 e. The Morgan fingerprint density at radius 3 is 2.19 bits per heavy atom. The van der Waals surface area contributed by atoms with E-state index in [1.165, 1.54) is 0 Å². The van der Waals surface area contributed by atoms with Crippen molar-refractivity contribution in [2.75, 3.05) is 6.61 Å². The number of benzene rings is 3. The van der Waals surface area contributed by atoms with Gasteiger partial charge in [0.15, 0.2) is 0 Å². The van der Waals surface area contributed by atoms with Gasteiger partial charge in [0.05, 0.1) is 0 Å². The standard InChI is InChI=1S/C25H21Cl2NO4/c26-16-11-9-15(22(27)13-16)10-12-23(24(29)30)28-25(31)32-14-21-19-7-3-1-5-17(19)18-6-2-4-8-20(18)21/h1-9,11,13,21,23H,10,12,14H2,(H,28,31)(H,29,30)/t23-/m1/s1. The highest BCUT2D eigenvalue weighted by Gasteiger charge is 2.29. The molecule has 0 unspecified atom stereocenters. The van der Waals surface area contributed by atoms with Gasteiger partial charge < -0.3 is 15.2 Å². The van der Waals surface area contributed by atoms with Gasteiger partial charge in [0.1, 0.15) is 12.6 Å². The van der Waals surface area contributed by atoms with E-state index in [1.54, 1.807) is 18.2 Å². The molecule has 32 heavy (non-hydrogen) atoms. The molecule has 2 N–H and O–H groups in total. The van der Waals surface area contributed by atoms with Crippen LogP contribution in [-0.2, 0) is 16.0 Å². The number of halogens is 2. The predicted molar refractivity (Wildman–Crippen MR) is 124 cm³/mol. The number of amides is 1. The second-order valence-corrected chi connectivity index (χ2v) is 8.48. The summed E-state index contributed by atoms with van der Waals surface area (Å²) in [5.74, 6) is -1.23. The minimum Gasteiger partial charge on any atom is -0.480 e. The molecular formula is C25H21Cl2NO4. The van der Waals surface area contributed by atoms with Crippen LogP contribution in [0.2, 0.25) is 10.0 Å². The smallest absolute Gasteiger partial charge is 0.407 e. The molecule has 1 aliphatic rings. The van der Waals surface area contributed by atoms with E-state index in [1.807, 2.05) is 36.4 Å². The lowest BCUT2D eigenvalue weighted by Crippen LogP contribution is -2.41. The summed E-state index contributed by atoms with van der Waals surface area (Å²) < 4.78 is 5.45. The van der Waals surface area contributed by atoms with Crippen LogP contribution in [0.3, 0.4) is 0 Å². The monoisotopic (exact) mass is 469 g/mol. The summed E-state index contributed by atoms with van der Waals surface area (Å²) in [6.07, 6.45) is -0.223. The van der Waals surface area contributed by atoms with Gasteiger partial charge in [-0.3, -0.25) is 0 Å². The zero-order valence-electron chi connectivity index (χ0n) is 17.1. The van der Waals surface area contributed by atoms with Crippen molar-refractivity contribution in [3.05, 3.63) is 93.5 Å². The average molecular weight is 470 g/mol. The summed E-state index contributed by atoms with van der Waals surface area (Å²) in [6, 6.07) is 20.0. The van der Waals surface area contributed by atoms with E-state index in [0.29, 0.717) is 16.5 Å². The van der Waals surface area contributed by atoms with Gasteiger partial charge in [-0.05, 0) is 52.8 Å². The summed E-state index contributed by atoms with van der Waals surface area (Å²) in [5.41, 5.74) is 5.19. The van der Waals surface area contributed by atoms with Gasteiger partial charge in [-0.2, -0.15) is 0 Å². The van der Waals surface area contributed by atoms with Gasteiger partial charge in [-0.25, -0.2) is 9.59 Å². The number of aliphatic carboxylic acids is 1. The number of hydrogen-bond acceptors (Lipinski definition) is 3. The maximum atomic E-state index is 12.4. The summed E-state index contributed by atoms with van der Waals surface area (Å²) in [5, 5.41) is 13.0. The lowest BCUT2D eigenvalue weighted by Gasteiger charge is -2.17. The first kappa shape index (κ1) is 22.2. The molecule has 0 aliphatic heterocycles. The van der Waals surface area contributed by atoms with E-state index in [0.717, 1.165) is 27.8 Å². The number of ether oxygens (including phenoxy) is 1. The molecule has 1 aliphatic carbocycles. The van der Waals surface area contributed by atoms with Crippen LogP contribution >= 0.6 is 23.2 Å². The second-order valence-electron chi connectivity index (χ2n) is 7.64. The van der Waals surface area contributed by atoms with Crippen LogP contribution in [0.1, 0.15) is 29.0 Å². The van der Waals surface area contributed by atoms with E-state index in [4.69, 9.17) is 27.9 Å². The normalized spacial score (nSPS) is 13.2. The maximum absolute atomic E-state index is 12.4. The van der Waals surface area contributed by atoms with Crippen molar-refractivity contribution in [1.29, 1.82) is 0 Å². The van der Waals surface area contributed by atoms with Crippen LogP contribution in [0.25, 0.3) is 11.1 Å². The molecular weight excluding hydrogens is 449 g/mol. The molecule has 4 rings (SSSR count). The van der Waals surface area contributed by atoms with E-state index < -0.39 is 18.1 Å². The van der Waals surface area contributed by atoms with Crippen LogP contribution in [0.4, 0.5) is 4.79 Å². The molecule has 1 atom stereocenters. The molecule has 164 valence electrons. The summed E-state index contributed by atoms with van der Waals surface area (Å²) in [6.45, 7) is 0.120. The Balaban J connectivity index is 1.39. The Kier molecular flexibility index (Phi) is 6.68. The van der Waals surface area contributed by atoms with Crippen molar-refractivity contribution in [3.8, 4) is 11.1 Å². The molecule has 1 amide bonds. The summed E-state index contributed by atoms with van der Waals surface area (Å²) in [7, 11) is 0. The molecule has 5 nitrogen and oxygen atoms in total. The Bertz CT molecular complexity index is 1120. The van der Waals surface area contributed by atoms with Crippen LogP contribution < -0.4 is 5.32 Å². The van der Waals surface area contributed by atoms with Crippen LogP contribution in [0.5, 0.6) is 0 Å². The molecule has 3 aromatic rings. The Morgan fingerprint density at radius 2 is 1.59 bits per heavy atom. The average Bonchev–Trinajstić information content (AvgIpc) is 3.10. The fraction of sp³-hybridized carbons (Fsp3) is 0.200. The predicted octanol–water partition coefficient (Wildman–Crippen LogP) is 5.92. The Morgan fingerprint density at radius 1 is 0.969 bits per heavy atom. The number of rotatable bonds is 7. The third-order valence-electron chi connectivity index (χ3n) is 5.65. The summed E-state index contributed by atoms with van der Waals surface area (Å²) >= 11 is 12.1. The zero-order valence-corrected chi connectivity index (χ0v) is 18.6. The fourth-order valence-electron chi connectivity index (χ4n) is 4.06. The third kappa shape index (κ3) is 4.74. The molecule has 0 saturated heterocycles. The minimum absolute atomic E-state index is 0.0932. The molecule has 0 saturated carbocycles. The van der Waals surface area contributed by atoms with Crippen LogP contribution in [-0.4, -0.2) is 29.8 Å². The van der Waals surface area contributed by atoms with Crippen LogP contribution in [0.15, 0.2) is 66.7 Å². The molecule has 0 fully saturated rings. The van der Waals surface area contributed by atoms with Gasteiger partial charge in [-0.1, -0.05) is 77.8 Å². The molecule has 0 aromatic heterocycles. The van der Waals surface area contributed by atoms with E-state index in [-0.39, 0.29) is 18.9 Å². The first-order valence-corrected chi connectivity index (χ1v) is 11.0. The van der Waals surface area contributed by atoms with Crippen molar-refractivity contribution >= 4 is 35.3 Å². The fourth-order valence-corrected chi connectivity index (χ4v) is 4.57. The topological polar surface area (TPSA) is 75.6 Å². The van der Waals surface area contributed by atoms with Crippen LogP contribution in [0, 0.1) is 0 Å². The number of carboxylic acid groups (broad SMARTS) is 1. The number of carbonyl (C=O) groups is 2. The first-order chi connectivity index (χ1) is 15.4. The van der Waals surface area contributed by atoms with Gasteiger partial charge >= 0.3 is 12.1 Å². The highest BCUT2D eigenvalue weighted by molar-refractivity contribution is 6.35. The van der Waals surface area contributed by atoms with Crippen molar-refractivity contribution < 1.29 is 19.4 Å². The SMILES string of the molecule is O=C(N[C@H](CCc1ccc(Cl)cc1Cl)C(=O)O)OCC1c2ccccc2-c2ccccc21. The van der Waals surface area contributed by atoms with Crippen molar-refractivity contribution in [1.82, 2.24) is 5.32 Å².